The lowest BCUT2D eigenvalue weighted by molar-refractivity contribution is -0.149. The number of carbonyl (C=O) groups excluding carboxylic acids is 2. The number of nitrogens with one attached hydrogen (secondary N) is 1. The predicted octanol–water partition coefficient (Wildman–Crippen LogP) is 4.62. The highest BCUT2D eigenvalue weighted by molar-refractivity contribution is 5.88. The zero-order chi connectivity index (χ0) is 22.0. The lowest BCUT2D eigenvalue weighted by Crippen LogP contribution is -2.32. The number of benzene rings is 3. The van der Waals surface area contributed by atoms with Crippen LogP contribution in [0.15, 0.2) is 66.7 Å². The number of para-hydroxylation sites is 2. The van der Waals surface area contributed by atoms with Crippen LogP contribution in [0.1, 0.15) is 35.6 Å². The van der Waals surface area contributed by atoms with Crippen molar-refractivity contribution < 1.29 is 27.8 Å². The Labute approximate surface area is 177 Å². The van der Waals surface area contributed by atoms with Gasteiger partial charge in [-0.05, 0) is 25.1 Å². The summed E-state index contributed by atoms with van der Waals surface area (Å²) in [5.74, 6) is -2.30. The van der Waals surface area contributed by atoms with Crippen molar-refractivity contribution >= 4 is 11.9 Å². The first-order valence-electron chi connectivity index (χ1n) is 9.70. The largest absolute Gasteiger partial charge is 0.457 e. The average Bonchev–Trinajstić information content (AvgIpc) is 2.75. The van der Waals surface area contributed by atoms with E-state index in [4.69, 9.17) is 9.47 Å². The molecule has 1 N–H and O–H groups in total. The smallest absolute Gasteiger partial charge is 0.318 e. The van der Waals surface area contributed by atoms with Crippen molar-refractivity contribution in [2.24, 2.45) is 0 Å². The first-order chi connectivity index (χ1) is 14.9. The highest BCUT2D eigenvalue weighted by Gasteiger charge is 2.34. The molecule has 1 atom stereocenters. The van der Waals surface area contributed by atoms with E-state index in [0.29, 0.717) is 22.6 Å². The molecule has 1 aliphatic heterocycles. The second kappa shape index (κ2) is 8.55. The molecule has 0 radical (unpaired) electrons. The van der Waals surface area contributed by atoms with Gasteiger partial charge in [-0.3, -0.25) is 9.59 Å². The van der Waals surface area contributed by atoms with E-state index in [1.54, 1.807) is 55.5 Å². The fourth-order valence-corrected chi connectivity index (χ4v) is 3.60. The SMILES string of the molecule is CC(NC(=O)COC(=O)C1c2ccccc2Oc2ccccc21)c1ccc(F)cc1F. The van der Waals surface area contributed by atoms with Gasteiger partial charge >= 0.3 is 5.97 Å². The Morgan fingerprint density at radius 1 is 1.00 bits per heavy atom. The van der Waals surface area contributed by atoms with E-state index >= 15 is 0 Å². The van der Waals surface area contributed by atoms with E-state index < -0.39 is 42.1 Å². The van der Waals surface area contributed by atoms with E-state index in [0.717, 1.165) is 12.1 Å². The summed E-state index contributed by atoms with van der Waals surface area (Å²) in [6, 6.07) is 16.7. The highest BCUT2D eigenvalue weighted by Crippen LogP contribution is 2.44. The maximum absolute atomic E-state index is 13.9. The maximum Gasteiger partial charge on any atom is 0.318 e. The van der Waals surface area contributed by atoms with Gasteiger partial charge in [0.15, 0.2) is 6.61 Å². The fourth-order valence-electron chi connectivity index (χ4n) is 3.60. The molecule has 3 aromatic rings. The van der Waals surface area contributed by atoms with Crippen molar-refractivity contribution in [3.05, 3.63) is 95.1 Å². The Bertz CT molecular complexity index is 1100. The number of halogens is 2. The van der Waals surface area contributed by atoms with Gasteiger partial charge in [0, 0.05) is 22.8 Å². The molecule has 1 unspecified atom stereocenters. The lowest BCUT2D eigenvalue weighted by atomic mass is 9.88. The summed E-state index contributed by atoms with van der Waals surface area (Å²) in [6.07, 6.45) is 0. The van der Waals surface area contributed by atoms with E-state index in [9.17, 15) is 18.4 Å². The molecule has 1 amide bonds. The Kier molecular flexibility index (Phi) is 5.66. The number of hydrogen-bond acceptors (Lipinski definition) is 4. The molecule has 0 bridgehead atoms. The lowest BCUT2D eigenvalue weighted by Gasteiger charge is -2.26. The zero-order valence-electron chi connectivity index (χ0n) is 16.6. The third kappa shape index (κ3) is 4.26. The summed E-state index contributed by atoms with van der Waals surface area (Å²) in [5, 5.41) is 2.55. The first kappa shape index (κ1) is 20.5. The van der Waals surface area contributed by atoms with Crippen molar-refractivity contribution in [1.29, 1.82) is 0 Å². The van der Waals surface area contributed by atoms with Gasteiger partial charge < -0.3 is 14.8 Å². The van der Waals surface area contributed by atoms with Crippen LogP contribution in [0, 0.1) is 11.6 Å². The highest BCUT2D eigenvalue weighted by atomic mass is 19.1. The Morgan fingerprint density at radius 3 is 2.23 bits per heavy atom. The van der Waals surface area contributed by atoms with Gasteiger partial charge in [-0.2, -0.15) is 0 Å². The zero-order valence-corrected chi connectivity index (χ0v) is 16.6. The monoisotopic (exact) mass is 423 g/mol. The third-order valence-corrected chi connectivity index (χ3v) is 5.07. The molecule has 1 heterocycles. The van der Waals surface area contributed by atoms with Crippen LogP contribution in [-0.4, -0.2) is 18.5 Å². The second-order valence-electron chi connectivity index (χ2n) is 7.17. The molecule has 0 fully saturated rings. The van der Waals surface area contributed by atoms with Crippen LogP contribution in [0.25, 0.3) is 0 Å². The molecule has 1 aliphatic rings. The number of amides is 1. The fraction of sp³-hybridized carbons (Fsp3) is 0.167. The molecule has 5 nitrogen and oxygen atoms in total. The van der Waals surface area contributed by atoms with Crippen LogP contribution in [-0.2, 0) is 14.3 Å². The minimum absolute atomic E-state index is 0.133. The molecule has 0 saturated heterocycles. The number of ether oxygens (including phenoxy) is 2. The van der Waals surface area contributed by atoms with Gasteiger partial charge in [-0.25, -0.2) is 8.78 Å². The molecular formula is C24H19F2NO4. The van der Waals surface area contributed by atoms with Crippen LogP contribution in [0.5, 0.6) is 11.5 Å². The third-order valence-electron chi connectivity index (χ3n) is 5.07. The van der Waals surface area contributed by atoms with Gasteiger partial charge in [-0.1, -0.05) is 42.5 Å². The van der Waals surface area contributed by atoms with Crippen molar-refractivity contribution in [2.45, 2.75) is 18.9 Å². The van der Waals surface area contributed by atoms with Crippen molar-refractivity contribution in [3.63, 3.8) is 0 Å². The van der Waals surface area contributed by atoms with Crippen LogP contribution < -0.4 is 10.1 Å². The van der Waals surface area contributed by atoms with Crippen molar-refractivity contribution in [1.82, 2.24) is 5.32 Å². The second-order valence-corrected chi connectivity index (χ2v) is 7.17. The van der Waals surface area contributed by atoms with Crippen LogP contribution >= 0.6 is 0 Å². The minimum Gasteiger partial charge on any atom is -0.457 e. The number of hydrogen-bond donors (Lipinski definition) is 1. The molecule has 0 aromatic heterocycles. The van der Waals surface area contributed by atoms with Crippen LogP contribution in [0.2, 0.25) is 0 Å². The van der Waals surface area contributed by atoms with Crippen LogP contribution in [0.3, 0.4) is 0 Å². The van der Waals surface area contributed by atoms with Gasteiger partial charge in [0.1, 0.15) is 29.1 Å². The molecule has 0 spiro atoms. The quantitative estimate of drug-likeness (QED) is 0.608. The Hall–Kier alpha value is -3.74. The van der Waals surface area contributed by atoms with Crippen LogP contribution in [0.4, 0.5) is 8.78 Å². The van der Waals surface area contributed by atoms with Crippen molar-refractivity contribution in [3.8, 4) is 11.5 Å². The van der Waals surface area contributed by atoms with E-state index in [2.05, 4.69) is 5.32 Å². The Balaban J connectivity index is 1.45. The van der Waals surface area contributed by atoms with Gasteiger partial charge in [0.2, 0.25) is 0 Å². The number of carbonyl (C=O) groups is 2. The molecular weight excluding hydrogens is 404 g/mol. The summed E-state index contributed by atoms with van der Waals surface area (Å²) in [7, 11) is 0. The van der Waals surface area contributed by atoms with Gasteiger partial charge in [-0.15, -0.1) is 0 Å². The van der Waals surface area contributed by atoms with E-state index in [1.165, 1.54) is 6.07 Å². The molecule has 4 rings (SSSR count). The molecule has 0 saturated carbocycles. The standard InChI is InChI=1S/C24H19F2NO4/c1-14(16-11-10-15(25)12-19(16)26)27-22(28)13-30-24(29)23-17-6-2-4-8-20(17)31-21-9-5-3-7-18(21)23/h2-12,14,23H,13H2,1H3,(H,27,28). The van der Waals surface area contributed by atoms with Crippen molar-refractivity contribution in [2.75, 3.05) is 6.61 Å². The molecule has 0 aliphatic carbocycles. The molecule has 31 heavy (non-hydrogen) atoms. The summed E-state index contributed by atoms with van der Waals surface area (Å²) in [5.41, 5.74) is 1.43. The number of esters is 1. The normalized spacial score (nSPS) is 13.4. The minimum atomic E-state index is -0.764. The topological polar surface area (TPSA) is 64.6 Å². The summed E-state index contributed by atoms with van der Waals surface area (Å²) >= 11 is 0. The maximum atomic E-state index is 13.9. The predicted molar refractivity (Wildman–Crippen MR) is 109 cm³/mol. The molecule has 7 heteroatoms. The summed E-state index contributed by atoms with van der Waals surface area (Å²) in [4.78, 5) is 25.2. The molecule has 158 valence electrons. The summed E-state index contributed by atoms with van der Waals surface area (Å²) in [6.45, 7) is 1.02. The number of fused-ring (bicyclic) bond motifs is 2. The molecule has 3 aromatic carbocycles. The number of rotatable bonds is 5. The van der Waals surface area contributed by atoms with E-state index in [-0.39, 0.29) is 5.56 Å². The average molecular weight is 423 g/mol. The summed E-state index contributed by atoms with van der Waals surface area (Å²) < 4.78 is 38.1. The Morgan fingerprint density at radius 2 is 1.61 bits per heavy atom. The first-order valence-corrected chi connectivity index (χ1v) is 9.70. The van der Waals surface area contributed by atoms with Gasteiger partial charge in [0.25, 0.3) is 5.91 Å². The van der Waals surface area contributed by atoms with Gasteiger partial charge in [0.05, 0.1) is 6.04 Å². The van der Waals surface area contributed by atoms with E-state index in [1.807, 2.05) is 0 Å².